The van der Waals surface area contributed by atoms with Gasteiger partial charge in [0.05, 0.1) is 32.0 Å². The summed E-state index contributed by atoms with van der Waals surface area (Å²) in [5, 5.41) is 14.8. The van der Waals surface area contributed by atoms with E-state index in [1.54, 1.807) is 29.3 Å². The molecule has 0 radical (unpaired) electrons. The number of amidine groups is 1. The molecule has 3 amide bonds. The number of benzene rings is 1. The number of nitrogens with two attached hydrogens (primary N) is 1. The molecular weight excluding hydrogens is 592 g/mol. The number of nitrogens with zero attached hydrogens (tertiary/aromatic N) is 3. The SMILES string of the molecule is C[C@@H](NC(=O)[C@@H]1CN(c2ncco2)CN1C(=O)CNC(=O)c1ccc2c(c1)C1=C(CCC=C1)C2(F)F)c1cc(C(=N)N)cs1. The largest absolute Gasteiger partial charge is 0.432 e. The van der Waals surface area contributed by atoms with Gasteiger partial charge < -0.3 is 30.6 Å². The molecule has 1 saturated heterocycles. The first-order valence-corrected chi connectivity index (χ1v) is 14.8. The average Bonchev–Trinajstić information content (AvgIpc) is 3.82. The minimum Gasteiger partial charge on any atom is -0.432 e. The van der Waals surface area contributed by atoms with Crippen LogP contribution in [-0.2, 0) is 15.5 Å². The molecule has 2 aliphatic carbocycles. The normalized spacial score (nSPS) is 19.0. The number of carbonyl (C=O) groups excluding carboxylic acids is 3. The molecule has 0 saturated carbocycles. The molecule has 1 aromatic carbocycles. The summed E-state index contributed by atoms with van der Waals surface area (Å²) in [6, 6.07) is 4.64. The number of fused-ring (bicyclic) bond motifs is 2. The van der Waals surface area contributed by atoms with Gasteiger partial charge in [-0.2, -0.15) is 8.78 Å². The van der Waals surface area contributed by atoms with Gasteiger partial charge in [0.25, 0.3) is 17.8 Å². The predicted octanol–water partition coefficient (Wildman–Crippen LogP) is 3.51. The summed E-state index contributed by atoms with van der Waals surface area (Å²) in [5.74, 6) is -4.71. The number of alkyl halides is 2. The molecule has 1 aliphatic heterocycles. The smallest absolute Gasteiger partial charge is 0.298 e. The standard InChI is InChI=1S/C30H29F2N7O4S/c1-16(24-11-18(14-44-24)26(33)34)37-28(42)23-13-38(29-35-8-9-43-29)15-39(23)25(40)12-36-27(41)17-6-7-22-20(10-17)19-4-2-3-5-21(19)30(22,31)32/h2,4,6-11,14,16,23H,3,5,12-13,15H2,1H3,(H3,33,34)(H,36,41)(H,37,42)/t16-,23+/m1/s1. The Morgan fingerprint density at radius 1 is 1.27 bits per heavy atom. The maximum Gasteiger partial charge on any atom is 0.298 e. The molecule has 0 spiro atoms. The van der Waals surface area contributed by atoms with Crippen LogP contribution in [0.15, 0.2) is 64.2 Å². The van der Waals surface area contributed by atoms with Crippen LogP contribution >= 0.6 is 11.3 Å². The van der Waals surface area contributed by atoms with Crippen molar-refractivity contribution in [3.8, 4) is 0 Å². The zero-order valence-corrected chi connectivity index (χ0v) is 24.4. The fraction of sp³-hybridized carbons (Fsp3) is 0.300. The minimum atomic E-state index is -3.09. The number of hydrogen-bond acceptors (Lipinski definition) is 8. The maximum atomic E-state index is 15.0. The van der Waals surface area contributed by atoms with Crippen LogP contribution < -0.4 is 21.3 Å². The quantitative estimate of drug-likeness (QED) is 0.221. The molecule has 3 aromatic rings. The van der Waals surface area contributed by atoms with Gasteiger partial charge in [-0.05, 0) is 49.1 Å². The molecule has 3 aliphatic rings. The predicted molar refractivity (Wildman–Crippen MR) is 159 cm³/mol. The van der Waals surface area contributed by atoms with Crippen LogP contribution in [0.2, 0.25) is 0 Å². The summed E-state index contributed by atoms with van der Waals surface area (Å²) >= 11 is 1.35. The van der Waals surface area contributed by atoms with Crippen LogP contribution in [0.25, 0.3) is 5.57 Å². The van der Waals surface area contributed by atoms with Crippen molar-refractivity contribution in [1.82, 2.24) is 20.5 Å². The number of hydrogen-bond donors (Lipinski definition) is 4. The molecule has 11 nitrogen and oxygen atoms in total. The van der Waals surface area contributed by atoms with Crippen molar-refractivity contribution in [3.63, 3.8) is 0 Å². The van der Waals surface area contributed by atoms with E-state index in [2.05, 4.69) is 15.6 Å². The summed E-state index contributed by atoms with van der Waals surface area (Å²) in [5.41, 5.74) is 6.94. The second-order valence-electron chi connectivity index (χ2n) is 10.8. The van der Waals surface area contributed by atoms with Gasteiger partial charge in [-0.3, -0.25) is 19.8 Å². The molecule has 0 bridgehead atoms. The second kappa shape index (κ2) is 11.3. The number of halogens is 2. The summed E-state index contributed by atoms with van der Waals surface area (Å²) in [6.45, 7) is 1.46. The highest BCUT2D eigenvalue weighted by Crippen LogP contribution is 2.52. The monoisotopic (exact) mass is 621 g/mol. The van der Waals surface area contributed by atoms with E-state index in [-0.39, 0.29) is 48.2 Å². The molecule has 228 valence electrons. The Labute approximate surface area is 254 Å². The summed E-state index contributed by atoms with van der Waals surface area (Å²) in [4.78, 5) is 47.8. The molecule has 1 fully saturated rings. The van der Waals surface area contributed by atoms with Gasteiger partial charge in [-0.1, -0.05) is 18.2 Å². The lowest BCUT2D eigenvalue weighted by Gasteiger charge is -2.24. The molecule has 2 atom stereocenters. The van der Waals surface area contributed by atoms with Crippen LogP contribution in [0.1, 0.15) is 57.7 Å². The lowest BCUT2D eigenvalue weighted by atomic mass is 9.96. The van der Waals surface area contributed by atoms with Crippen LogP contribution in [0.3, 0.4) is 0 Å². The number of carbonyl (C=O) groups is 3. The van der Waals surface area contributed by atoms with Gasteiger partial charge in [-0.25, -0.2) is 4.98 Å². The molecule has 2 aromatic heterocycles. The summed E-state index contributed by atoms with van der Waals surface area (Å²) < 4.78 is 35.3. The summed E-state index contributed by atoms with van der Waals surface area (Å²) in [6.07, 6.45) is 7.14. The van der Waals surface area contributed by atoms with Gasteiger partial charge in [0.15, 0.2) is 0 Å². The van der Waals surface area contributed by atoms with Gasteiger partial charge in [0, 0.05) is 32.5 Å². The lowest BCUT2D eigenvalue weighted by molar-refractivity contribution is -0.137. The van der Waals surface area contributed by atoms with Crippen molar-refractivity contribution in [2.24, 2.45) is 5.73 Å². The molecular formula is C30H29F2N7O4S. The number of oxazole rings is 1. The molecule has 14 heteroatoms. The van der Waals surface area contributed by atoms with E-state index in [9.17, 15) is 23.2 Å². The van der Waals surface area contributed by atoms with Crippen molar-refractivity contribution in [1.29, 1.82) is 5.41 Å². The number of anilines is 1. The van der Waals surface area contributed by atoms with Crippen LogP contribution in [0.5, 0.6) is 0 Å². The Kier molecular flexibility index (Phi) is 7.53. The number of thiophene rings is 1. The zero-order chi connectivity index (χ0) is 31.2. The maximum absolute atomic E-state index is 15.0. The number of amides is 3. The first-order chi connectivity index (χ1) is 21.0. The van der Waals surface area contributed by atoms with Gasteiger partial charge >= 0.3 is 0 Å². The van der Waals surface area contributed by atoms with Gasteiger partial charge in [-0.15, -0.1) is 11.3 Å². The Morgan fingerprint density at radius 3 is 2.82 bits per heavy atom. The molecule has 0 unspecified atom stereocenters. The number of allylic oxidation sites excluding steroid dienone is 4. The number of nitrogen functional groups attached to an aromatic ring is 1. The summed E-state index contributed by atoms with van der Waals surface area (Å²) in [7, 11) is 0. The van der Waals surface area contributed by atoms with Crippen molar-refractivity contribution in [3.05, 3.63) is 87.0 Å². The fourth-order valence-corrected chi connectivity index (χ4v) is 6.60. The Morgan fingerprint density at radius 2 is 2.09 bits per heavy atom. The molecule has 44 heavy (non-hydrogen) atoms. The average molecular weight is 622 g/mol. The highest BCUT2D eigenvalue weighted by molar-refractivity contribution is 7.10. The highest BCUT2D eigenvalue weighted by Gasteiger charge is 2.46. The number of aromatic nitrogens is 1. The fourth-order valence-electron chi connectivity index (χ4n) is 5.68. The van der Waals surface area contributed by atoms with E-state index in [4.69, 9.17) is 15.6 Å². The van der Waals surface area contributed by atoms with Crippen molar-refractivity contribution >= 4 is 46.5 Å². The van der Waals surface area contributed by atoms with E-state index in [0.29, 0.717) is 23.1 Å². The third-order valence-corrected chi connectivity index (χ3v) is 9.10. The first-order valence-electron chi connectivity index (χ1n) is 13.9. The van der Waals surface area contributed by atoms with E-state index in [1.807, 2.05) is 6.08 Å². The van der Waals surface area contributed by atoms with Crippen molar-refractivity contribution in [2.75, 3.05) is 24.7 Å². The van der Waals surface area contributed by atoms with Crippen LogP contribution in [0, 0.1) is 5.41 Å². The van der Waals surface area contributed by atoms with E-state index < -0.39 is 42.3 Å². The van der Waals surface area contributed by atoms with E-state index in [1.165, 1.54) is 46.9 Å². The van der Waals surface area contributed by atoms with Crippen LogP contribution in [-0.4, -0.2) is 59.2 Å². The number of nitrogens with one attached hydrogen (secondary N) is 3. The van der Waals surface area contributed by atoms with E-state index in [0.717, 1.165) is 4.88 Å². The van der Waals surface area contributed by atoms with Crippen molar-refractivity contribution < 1.29 is 27.6 Å². The molecule has 3 heterocycles. The minimum absolute atomic E-state index is 0.00757. The van der Waals surface area contributed by atoms with E-state index >= 15 is 0 Å². The Balaban J connectivity index is 1.15. The van der Waals surface area contributed by atoms with Gasteiger partial charge in [0.2, 0.25) is 11.8 Å². The zero-order valence-electron chi connectivity index (χ0n) is 23.6. The topological polar surface area (TPSA) is 158 Å². The molecule has 5 N–H and O–H groups in total. The third-order valence-electron chi connectivity index (χ3n) is 7.98. The first kappa shape index (κ1) is 29.2. The number of rotatable bonds is 8. The lowest BCUT2D eigenvalue weighted by Crippen LogP contribution is -2.50. The van der Waals surface area contributed by atoms with Gasteiger partial charge in [0.1, 0.15) is 18.1 Å². The molecule has 6 rings (SSSR count). The second-order valence-corrected chi connectivity index (χ2v) is 11.7. The van der Waals surface area contributed by atoms with Crippen molar-refractivity contribution in [2.45, 2.75) is 37.8 Å². The van der Waals surface area contributed by atoms with Crippen LogP contribution in [0.4, 0.5) is 14.8 Å². The third kappa shape index (κ3) is 5.25. The highest BCUT2D eigenvalue weighted by atomic mass is 32.1. The Hall–Kier alpha value is -4.85. The Bertz CT molecular complexity index is 1720.